The number of rotatable bonds is 2. The topological polar surface area (TPSA) is 91.4 Å². The Morgan fingerprint density at radius 2 is 1.84 bits per heavy atom. The number of hydrogen-bond donors (Lipinski definition) is 1. The summed E-state index contributed by atoms with van der Waals surface area (Å²) in [5.41, 5.74) is -0.841. The first-order valence-electron chi connectivity index (χ1n) is 9.15. The molecular formula is C19H15ClF3N5O3. The lowest BCUT2D eigenvalue weighted by Gasteiger charge is -2.33. The molecule has 0 bridgehead atoms. The Bertz CT molecular complexity index is 1130. The number of carbonyl (C=O) groups excluding carboxylic acids is 2. The fourth-order valence-corrected chi connectivity index (χ4v) is 3.42. The molecule has 12 heteroatoms. The normalized spacial score (nSPS) is 14.7. The van der Waals surface area contributed by atoms with Crippen molar-refractivity contribution in [1.29, 1.82) is 0 Å². The number of hydrogen-bond acceptors (Lipinski definition) is 5. The standard InChI is InChI=1S/C19H15ClF3N5O3/c20-13-8-11(19(21,22)23)9-14-15(13)26-16(25-14)17(29)27-4-6-28(7-5-27)18(30)31-12-2-1-3-24-10-12/h1-3,8-10H,4-7H2,(H,25,26). The van der Waals surface area contributed by atoms with Crippen LogP contribution < -0.4 is 4.74 Å². The summed E-state index contributed by atoms with van der Waals surface area (Å²) in [7, 11) is 0. The molecule has 4 rings (SSSR count). The minimum Gasteiger partial charge on any atom is -0.409 e. The third-order valence-electron chi connectivity index (χ3n) is 4.73. The number of amides is 2. The molecule has 1 N–H and O–H groups in total. The highest BCUT2D eigenvalue weighted by Gasteiger charge is 2.32. The molecule has 1 aromatic carbocycles. The second-order valence-corrected chi connectivity index (χ2v) is 7.18. The van der Waals surface area contributed by atoms with Crippen LogP contribution in [-0.2, 0) is 6.18 Å². The molecule has 1 saturated heterocycles. The summed E-state index contributed by atoms with van der Waals surface area (Å²) in [6, 6.07) is 4.86. The van der Waals surface area contributed by atoms with E-state index in [9.17, 15) is 22.8 Å². The number of piperazine rings is 1. The number of nitrogens with zero attached hydrogens (tertiary/aromatic N) is 4. The van der Waals surface area contributed by atoms with Crippen LogP contribution in [0.5, 0.6) is 5.75 Å². The fourth-order valence-electron chi connectivity index (χ4n) is 3.15. The van der Waals surface area contributed by atoms with Crippen molar-refractivity contribution in [1.82, 2.24) is 24.8 Å². The van der Waals surface area contributed by atoms with E-state index in [2.05, 4.69) is 15.0 Å². The molecule has 0 unspecified atom stereocenters. The zero-order valence-corrected chi connectivity index (χ0v) is 16.6. The van der Waals surface area contributed by atoms with Gasteiger partial charge in [0.05, 0.1) is 22.3 Å². The van der Waals surface area contributed by atoms with Crippen molar-refractivity contribution in [2.75, 3.05) is 26.2 Å². The first kappa shape index (κ1) is 20.9. The smallest absolute Gasteiger partial charge is 0.409 e. The number of H-pyrrole nitrogens is 1. The summed E-state index contributed by atoms with van der Waals surface area (Å²) in [5.74, 6) is -0.313. The van der Waals surface area contributed by atoms with Gasteiger partial charge in [0.25, 0.3) is 5.91 Å². The molecule has 0 spiro atoms. The number of fused-ring (bicyclic) bond motifs is 1. The Labute approximate surface area is 178 Å². The van der Waals surface area contributed by atoms with Crippen molar-refractivity contribution >= 4 is 34.6 Å². The Balaban J connectivity index is 1.43. The molecule has 0 radical (unpaired) electrons. The lowest BCUT2D eigenvalue weighted by Crippen LogP contribution is -2.51. The average molecular weight is 454 g/mol. The number of alkyl halides is 3. The maximum Gasteiger partial charge on any atom is 0.416 e. The van der Waals surface area contributed by atoms with E-state index < -0.39 is 23.7 Å². The van der Waals surface area contributed by atoms with Gasteiger partial charge in [0.2, 0.25) is 0 Å². The van der Waals surface area contributed by atoms with Crippen molar-refractivity contribution in [2.45, 2.75) is 6.18 Å². The molecule has 3 aromatic rings. The zero-order valence-electron chi connectivity index (χ0n) is 15.8. The lowest BCUT2D eigenvalue weighted by atomic mass is 10.2. The van der Waals surface area contributed by atoms with Crippen LogP contribution in [0.2, 0.25) is 5.02 Å². The van der Waals surface area contributed by atoms with Crippen LogP contribution >= 0.6 is 11.6 Å². The maximum atomic E-state index is 13.0. The minimum atomic E-state index is -4.58. The summed E-state index contributed by atoms with van der Waals surface area (Å²) in [5, 5.41) is -0.205. The Morgan fingerprint density at radius 1 is 1.13 bits per heavy atom. The number of halogens is 4. The molecule has 162 valence electrons. The molecule has 2 amide bonds. The van der Waals surface area contributed by atoms with Gasteiger partial charge in [-0.3, -0.25) is 9.78 Å². The zero-order chi connectivity index (χ0) is 22.2. The van der Waals surface area contributed by atoms with Gasteiger partial charge in [0, 0.05) is 32.4 Å². The van der Waals surface area contributed by atoms with Crippen LogP contribution in [-0.4, -0.2) is 62.9 Å². The number of nitrogens with one attached hydrogen (secondary N) is 1. The number of aromatic amines is 1. The summed E-state index contributed by atoms with van der Waals surface area (Å²) >= 11 is 5.92. The quantitative estimate of drug-likeness (QED) is 0.640. The summed E-state index contributed by atoms with van der Waals surface area (Å²) in [6.07, 6.45) is -2.17. The molecule has 1 aliphatic rings. The van der Waals surface area contributed by atoms with Gasteiger partial charge >= 0.3 is 12.3 Å². The maximum absolute atomic E-state index is 13.0. The molecule has 3 heterocycles. The van der Waals surface area contributed by atoms with Gasteiger partial charge in [0.1, 0.15) is 5.52 Å². The second kappa shape index (κ2) is 8.06. The minimum absolute atomic E-state index is 0.0156. The Hall–Kier alpha value is -3.34. The summed E-state index contributed by atoms with van der Waals surface area (Å²) in [4.78, 5) is 38.4. The monoisotopic (exact) mass is 453 g/mol. The first-order chi connectivity index (χ1) is 14.7. The van der Waals surface area contributed by atoms with E-state index in [0.29, 0.717) is 5.75 Å². The van der Waals surface area contributed by atoms with E-state index in [4.69, 9.17) is 16.3 Å². The van der Waals surface area contributed by atoms with Gasteiger partial charge in [-0.25, -0.2) is 9.78 Å². The van der Waals surface area contributed by atoms with Crippen molar-refractivity contribution in [3.05, 3.63) is 53.1 Å². The summed E-state index contributed by atoms with van der Waals surface area (Å²) in [6.45, 7) is 0.868. The molecular weight excluding hydrogens is 439 g/mol. The number of ether oxygens (including phenoxy) is 1. The molecule has 0 saturated carbocycles. The van der Waals surface area contributed by atoms with E-state index in [1.54, 1.807) is 18.3 Å². The number of imidazole rings is 1. The molecule has 1 aliphatic heterocycles. The van der Waals surface area contributed by atoms with Crippen LogP contribution in [0.15, 0.2) is 36.7 Å². The first-order valence-corrected chi connectivity index (χ1v) is 9.52. The number of carbonyl (C=O) groups is 2. The third-order valence-corrected chi connectivity index (χ3v) is 5.02. The van der Waals surface area contributed by atoms with Gasteiger partial charge in [-0.15, -0.1) is 0 Å². The highest BCUT2D eigenvalue weighted by molar-refractivity contribution is 6.35. The number of aromatic nitrogens is 3. The van der Waals surface area contributed by atoms with Gasteiger partial charge in [-0.1, -0.05) is 11.6 Å². The predicted octanol–water partition coefficient (Wildman–Crippen LogP) is 3.59. The fraction of sp³-hybridized carbons (Fsp3) is 0.263. The van der Waals surface area contributed by atoms with Crippen molar-refractivity contribution < 1.29 is 27.5 Å². The van der Waals surface area contributed by atoms with Gasteiger partial charge < -0.3 is 19.5 Å². The van der Waals surface area contributed by atoms with Crippen molar-refractivity contribution in [3.8, 4) is 5.75 Å². The molecule has 8 nitrogen and oxygen atoms in total. The van der Waals surface area contributed by atoms with Gasteiger partial charge in [-0.05, 0) is 24.3 Å². The largest absolute Gasteiger partial charge is 0.416 e. The molecule has 0 aliphatic carbocycles. The third kappa shape index (κ3) is 4.41. The van der Waals surface area contributed by atoms with E-state index in [1.807, 2.05) is 0 Å². The van der Waals surface area contributed by atoms with Crippen molar-refractivity contribution in [3.63, 3.8) is 0 Å². The average Bonchev–Trinajstić information content (AvgIpc) is 3.18. The van der Waals surface area contributed by atoms with Crippen LogP contribution in [0.1, 0.15) is 16.2 Å². The Morgan fingerprint density at radius 3 is 2.48 bits per heavy atom. The van der Waals surface area contributed by atoms with Crippen molar-refractivity contribution in [2.24, 2.45) is 0 Å². The SMILES string of the molecule is O=C(Oc1cccnc1)N1CCN(C(=O)c2nc3c(Cl)cc(C(F)(F)F)cc3[nH]2)CC1. The van der Waals surface area contributed by atoms with Crippen LogP contribution in [0.4, 0.5) is 18.0 Å². The molecule has 31 heavy (non-hydrogen) atoms. The summed E-state index contributed by atoms with van der Waals surface area (Å²) < 4.78 is 44.2. The van der Waals surface area contributed by atoms with E-state index in [-0.39, 0.29) is 48.1 Å². The lowest BCUT2D eigenvalue weighted by molar-refractivity contribution is -0.137. The van der Waals surface area contributed by atoms with Gasteiger partial charge in [-0.2, -0.15) is 13.2 Å². The van der Waals surface area contributed by atoms with Gasteiger partial charge in [0.15, 0.2) is 11.6 Å². The second-order valence-electron chi connectivity index (χ2n) is 6.77. The highest BCUT2D eigenvalue weighted by atomic mass is 35.5. The molecule has 1 fully saturated rings. The van der Waals surface area contributed by atoms with E-state index >= 15 is 0 Å². The number of benzene rings is 1. The molecule has 2 aromatic heterocycles. The van der Waals surface area contributed by atoms with E-state index in [0.717, 1.165) is 12.1 Å². The van der Waals surface area contributed by atoms with E-state index in [1.165, 1.54) is 16.0 Å². The Kier molecular flexibility index (Phi) is 5.44. The molecule has 0 atom stereocenters. The van der Waals surface area contributed by atoms with Crippen LogP contribution in [0.3, 0.4) is 0 Å². The number of pyridine rings is 1. The van der Waals surface area contributed by atoms with Crippen LogP contribution in [0, 0.1) is 0 Å². The van der Waals surface area contributed by atoms with Crippen LogP contribution in [0.25, 0.3) is 11.0 Å². The highest BCUT2D eigenvalue weighted by Crippen LogP contribution is 2.34. The predicted molar refractivity (Wildman–Crippen MR) is 104 cm³/mol.